The first-order chi connectivity index (χ1) is 8.97. The molecule has 90 valence electrons. The molecule has 2 radical (unpaired) electrons. The first kappa shape index (κ1) is 11.7. The Labute approximate surface area is 111 Å². The summed E-state index contributed by atoms with van der Waals surface area (Å²) in [6.07, 6.45) is 2.67. The monoisotopic (exact) mass is 252 g/mol. The van der Waals surface area contributed by atoms with Gasteiger partial charge in [0.2, 0.25) is 9.76 Å². The van der Waals surface area contributed by atoms with Crippen molar-refractivity contribution in [2.24, 2.45) is 0 Å². The van der Waals surface area contributed by atoms with Crippen LogP contribution in [0.5, 0.6) is 0 Å². The SMILES string of the molecule is C1CC[Si]OC1.c1ccc2c(c1)-c1ccccc1-2. The Kier molecular flexibility index (Phi) is 3.58. The lowest BCUT2D eigenvalue weighted by Crippen LogP contribution is -2.06. The first-order valence-electron chi connectivity index (χ1n) is 6.50. The first-order valence-corrected chi connectivity index (χ1v) is 7.62. The molecule has 0 atom stereocenters. The standard InChI is InChI=1S/C12H8.C4H8OSi/c1-2-6-10-9(5-1)11-7-3-4-8-12(10)11;1-2-4-6-5-3-1/h1-8H;1-4H2. The molecule has 2 aromatic carbocycles. The van der Waals surface area contributed by atoms with Gasteiger partial charge in [-0.2, -0.15) is 0 Å². The molecule has 2 heteroatoms. The predicted octanol–water partition coefficient (Wildman–Crippen LogP) is 4.17. The van der Waals surface area contributed by atoms with Crippen LogP contribution in [0.25, 0.3) is 22.3 Å². The molecule has 0 bridgehead atoms. The molecular weight excluding hydrogens is 236 g/mol. The van der Waals surface area contributed by atoms with Crippen molar-refractivity contribution < 1.29 is 4.43 Å². The van der Waals surface area contributed by atoms with E-state index in [4.69, 9.17) is 4.43 Å². The zero-order chi connectivity index (χ0) is 12.2. The van der Waals surface area contributed by atoms with Crippen LogP contribution < -0.4 is 0 Å². The van der Waals surface area contributed by atoms with Crippen LogP contribution in [-0.4, -0.2) is 16.4 Å². The molecule has 0 saturated carbocycles. The topological polar surface area (TPSA) is 9.23 Å². The van der Waals surface area contributed by atoms with Gasteiger partial charge in [0, 0.05) is 6.61 Å². The summed E-state index contributed by atoms with van der Waals surface area (Å²) in [6.45, 7) is 1.01. The van der Waals surface area contributed by atoms with Gasteiger partial charge < -0.3 is 4.43 Å². The summed E-state index contributed by atoms with van der Waals surface area (Å²) >= 11 is 0. The lowest BCUT2D eigenvalue weighted by atomic mass is 9.81. The Morgan fingerprint density at radius 2 is 1.22 bits per heavy atom. The van der Waals surface area contributed by atoms with Crippen molar-refractivity contribution in [1.29, 1.82) is 0 Å². The van der Waals surface area contributed by atoms with Crippen molar-refractivity contribution in [3.8, 4) is 22.3 Å². The van der Waals surface area contributed by atoms with Gasteiger partial charge in [-0.15, -0.1) is 0 Å². The van der Waals surface area contributed by atoms with Crippen molar-refractivity contribution in [2.75, 3.05) is 6.61 Å². The molecule has 1 nitrogen and oxygen atoms in total. The van der Waals surface area contributed by atoms with E-state index >= 15 is 0 Å². The fourth-order valence-corrected chi connectivity index (χ4v) is 3.19. The van der Waals surface area contributed by atoms with E-state index in [1.54, 1.807) is 0 Å². The summed E-state index contributed by atoms with van der Waals surface area (Å²) in [7, 11) is 0.802. The van der Waals surface area contributed by atoms with Crippen LogP contribution in [0, 0.1) is 0 Å². The van der Waals surface area contributed by atoms with Crippen molar-refractivity contribution in [3.05, 3.63) is 48.5 Å². The highest BCUT2D eigenvalue weighted by molar-refractivity contribution is 6.27. The third-order valence-corrected chi connectivity index (χ3v) is 4.28. The molecule has 2 aliphatic rings. The summed E-state index contributed by atoms with van der Waals surface area (Å²) < 4.78 is 5.10. The molecule has 1 aliphatic carbocycles. The predicted molar refractivity (Wildman–Crippen MR) is 76.6 cm³/mol. The van der Waals surface area contributed by atoms with E-state index in [0.29, 0.717) is 0 Å². The quantitative estimate of drug-likeness (QED) is 0.546. The zero-order valence-corrected chi connectivity index (χ0v) is 11.4. The Morgan fingerprint density at radius 1 is 0.722 bits per heavy atom. The molecule has 0 unspecified atom stereocenters. The van der Waals surface area contributed by atoms with Crippen molar-refractivity contribution >= 4 is 9.76 Å². The molecule has 1 fully saturated rings. The summed E-state index contributed by atoms with van der Waals surface area (Å²) in [5.74, 6) is 0. The zero-order valence-electron chi connectivity index (χ0n) is 10.4. The van der Waals surface area contributed by atoms with E-state index in [9.17, 15) is 0 Å². The average Bonchev–Trinajstić information content (AvgIpc) is 2.47. The largest absolute Gasteiger partial charge is 0.417 e. The third-order valence-electron chi connectivity index (χ3n) is 3.31. The molecule has 0 N–H and O–H groups in total. The van der Waals surface area contributed by atoms with Crippen LogP contribution in [0.4, 0.5) is 0 Å². The van der Waals surface area contributed by atoms with E-state index < -0.39 is 0 Å². The van der Waals surface area contributed by atoms with Crippen LogP contribution in [-0.2, 0) is 4.43 Å². The maximum Gasteiger partial charge on any atom is 0.229 e. The maximum atomic E-state index is 5.10. The van der Waals surface area contributed by atoms with Crippen LogP contribution in [0.15, 0.2) is 48.5 Å². The van der Waals surface area contributed by atoms with Crippen molar-refractivity contribution in [2.45, 2.75) is 18.9 Å². The fraction of sp³-hybridized carbons (Fsp3) is 0.250. The van der Waals surface area contributed by atoms with Crippen molar-refractivity contribution in [3.63, 3.8) is 0 Å². The minimum atomic E-state index is 0.802. The lowest BCUT2D eigenvalue weighted by molar-refractivity contribution is 0.304. The van der Waals surface area contributed by atoms with Crippen LogP contribution in [0.1, 0.15) is 12.8 Å². The second-order valence-corrected chi connectivity index (χ2v) is 5.62. The number of benzene rings is 2. The van der Waals surface area contributed by atoms with Gasteiger partial charge in [0.15, 0.2) is 0 Å². The summed E-state index contributed by atoms with van der Waals surface area (Å²) in [5, 5.41) is 0. The number of hydrogen-bond donors (Lipinski definition) is 0. The molecule has 1 aliphatic heterocycles. The van der Waals surface area contributed by atoms with E-state index in [0.717, 1.165) is 16.4 Å². The summed E-state index contributed by atoms with van der Waals surface area (Å²) in [4.78, 5) is 0. The van der Waals surface area contributed by atoms with Crippen LogP contribution in [0.3, 0.4) is 0 Å². The van der Waals surface area contributed by atoms with Gasteiger partial charge in [-0.05, 0) is 34.7 Å². The second kappa shape index (κ2) is 5.51. The smallest absolute Gasteiger partial charge is 0.229 e. The van der Waals surface area contributed by atoms with E-state index in [2.05, 4.69) is 48.5 Å². The van der Waals surface area contributed by atoms with Gasteiger partial charge in [-0.3, -0.25) is 0 Å². The molecule has 0 spiro atoms. The van der Waals surface area contributed by atoms with Gasteiger partial charge in [0.1, 0.15) is 0 Å². The average molecular weight is 252 g/mol. The van der Waals surface area contributed by atoms with E-state index in [1.807, 2.05) is 0 Å². The second-order valence-electron chi connectivity index (χ2n) is 4.54. The van der Waals surface area contributed by atoms with Gasteiger partial charge in [0.05, 0.1) is 0 Å². The van der Waals surface area contributed by atoms with Crippen molar-refractivity contribution in [1.82, 2.24) is 0 Å². The van der Waals surface area contributed by atoms with Gasteiger partial charge in [0.25, 0.3) is 0 Å². The highest BCUT2D eigenvalue weighted by Crippen LogP contribution is 2.46. The molecule has 4 rings (SSSR count). The molecule has 18 heavy (non-hydrogen) atoms. The lowest BCUT2D eigenvalue weighted by Gasteiger charge is -2.22. The van der Waals surface area contributed by atoms with Crippen LogP contribution in [0.2, 0.25) is 6.04 Å². The molecule has 2 aromatic rings. The molecule has 0 amide bonds. The van der Waals surface area contributed by atoms with Crippen LogP contribution >= 0.6 is 0 Å². The van der Waals surface area contributed by atoms with Gasteiger partial charge >= 0.3 is 0 Å². The third kappa shape index (κ3) is 2.26. The number of fused-ring (bicyclic) bond motifs is 4. The Balaban J connectivity index is 0.000000142. The number of rotatable bonds is 0. The number of hydrogen-bond acceptors (Lipinski definition) is 1. The molecule has 1 saturated heterocycles. The minimum Gasteiger partial charge on any atom is -0.417 e. The van der Waals surface area contributed by atoms with Gasteiger partial charge in [-0.1, -0.05) is 55.0 Å². The summed E-state index contributed by atoms with van der Waals surface area (Å²) in [5.41, 5.74) is 5.59. The molecular formula is C16H16OSi. The fourth-order valence-electron chi connectivity index (χ4n) is 2.36. The molecule has 0 aromatic heterocycles. The highest BCUT2D eigenvalue weighted by Gasteiger charge is 2.19. The van der Waals surface area contributed by atoms with E-state index in [-0.39, 0.29) is 0 Å². The Bertz CT molecular complexity index is 421. The highest BCUT2D eigenvalue weighted by atomic mass is 28.2. The minimum absolute atomic E-state index is 0.802. The van der Waals surface area contributed by atoms with E-state index in [1.165, 1.54) is 41.1 Å². The maximum absolute atomic E-state index is 5.10. The Hall–Kier alpha value is -1.38. The molecule has 1 heterocycles. The Morgan fingerprint density at radius 3 is 1.44 bits per heavy atom. The normalized spacial score (nSPS) is 15.6. The summed E-state index contributed by atoms with van der Waals surface area (Å²) in [6, 6.07) is 18.4. The van der Waals surface area contributed by atoms with Gasteiger partial charge in [-0.25, -0.2) is 0 Å².